The molecule has 1 heterocycles. The second-order valence-corrected chi connectivity index (χ2v) is 5.27. The van der Waals surface area contributed by atoms with Gasteiger partial charge in [-0.2, -0.15) is 0 Å². The van der Waals surface area contributed by atoms with Crippen molar-refractivity contribution in [3.63, 3.8) is 0 Å². The van der Waals surface area contributed by atoms with Crippen LogP contribution in [0.4, 0.5) is 0 Å². The molecule has 1 aliphatic heterocycles. The molecule has 0 aromatic heterocycles. The van der Waals surface area contributed by atoms with Gasteiger partial charge in [-0.25, -0.2) is 0 Å². The Labute approximate surface area is 103 Å². The largest absolute Gasteiger partial charge is 0.370 e. The zero-order valence-electron chi connectivity index (χ0n) is 10.0. The Hall–Kier alpha value is -0.530. The number of hydrogen-bond acceptors (Lipinski definition) is 1. The lowest BCUT2D eigenvalue weighted by Crippen LogP contribution is -2.37. The molecular weight excluding hydrogens is 220 g/mol. The molecule has 1 aromatic carbocycles. The molecule has 88 valence electrons. The van der Waals surface area contributed by atoms with Crippen LogP contribution in [-0.2, 0) is 10.3 Å². The molecule has 0 amide bonds. The van der Waals surface area contributed by atoms with Gasteiger partial charge in [0.05, 0.1) is 5.60 Å². The van der Waals surface area contributed by atoms with E-state index in [0.29, 0.717) is 0 Å². The van der Waals surface area contributed by atoms with Gasteiger partial charge in [0, 0.05) is 12.0 Å². The van der Waals surface area contributed by atoms with E-state index in [-0.39, 0.29) is 11.0 Å². The number of halogens is 1. The van der Waals surface area contributed by atoms with Crippen LogP contribution in [0.5, 0.6) is 0 Å². The lowest BCUT2D eigenvalue weighted by Gasteiger charge is -2.39. The van der Waals surface area contributed by atoms with E-state index in [0.717, 1.165) is 25.9 Å². The monoisotopic (exact) mass is 238 g/mol. The molecule has 1 nitrogen and oxygen atoms in total. The summed E-state index contributed by atoms with van der Waals surface area (Å²) in [6.07, 6.45) is 2.88. The Morgan fingerprint density at radius 3 is 2.62 bits per heavy atom. The van der Waals surface area contributed by atoms with Crippen LogP contribution in [-0.4, -0.2) is 12.0 Å². The summed E-state index contributed by atoms with van der Waals surface area (Å²) in [7, 11) is 0. The van der Waals surface area contributed by atoms with Crippen molar-refractivity contribution in [2.45, 2.75) is 44.1 Å². The third-order valence-corrected chi connectivity index (χ3v) is 3.88. The molecule has 16 heavy (non-hydrogen) atoms. The smallest absolute Gasteiger partial charge is 0.0942 e. The van der Waals surface area contributed by atoms with Gasteiger partial charge in [-0.15, -0.1) is 11.6 Å². The third kappa shape index (κ3) is 2.26. The minimum atomic E-state index is -0.154. The summed E-state index contributed by atoms with van der Waals surface area (Å²) >= 11 is 6.28. The number of rotatable bonds is 2. The summed E-state index contributed by atoms with van der Waals surface area (Å²) in [4.78, 5) is 0. The van der Waals surface area contributed by atoms with Gasteiger partial charge in [-0.3, -0.25) is 0 Å². The van der Waals surface area contributed by atoms with Crippen LogP contribution in [0.3, 0.4) is 0 Å². The SMILES string of the molecule is CCC1(c2ccc(C)cc2)CC(Cl)CCO1. The Bertz CT molecular complexity index is 346. The minimum Gasteiger partial charge on any atom is -0.370 e. The highest BCUT2D eigenvalue weighted by Gasteiger charge is 2.36. The fourth-order valence-electron chi connectivity index (χ4n) is 2.41. The number of benzene rings is 1. The minimum absolute atomic E-state index is 0.154. The van der Waals surface area contributed by atoms with E-state index in [1.165, 1.54) is 11.1 Å². The molecule has 0 N–H and O–H groups in total. The topological polar surface area (TPSA) is 9.23 Å². The highest BCUT2D eigenvalue weighted by atomic mass is 35.5. The van der Waals surface area contributed by atoms with E-state index in [4.69, 9.17) is 16.3 Å². The summed E-state index contributed by atoms with van der Waals surface area (Å²) < 4.78 is 6.03. The third-order valence-electron chi connectivity index (χ3n) is 3.51. The van der Waals surface area contributed by atoms with Gasteiger partial charge in [0.2, 0.25) is 0 Å². The summed E-state index contributed by atoms with van der Waals surface area (Å²) in [5, 5.41) is 0.245. The van der Waals surface area contributed by atoms with E-state index in [1.54, 1.807) is 0 Å². The van der Waals surface area contributed by atoms with Gasteiger partial charge >= 0.3 is 0 Å². The first-order chi connectivity index (χ1) is 7.66. The second-order valence-electron chi connectivity index (χ2n) is 4.65. The Morgan fingerprint density at radius 1 is 1.38 bits per heavy atom. The van der Waals surface area contributed by atoms with Gasteiger partial charge in [-0.1, -0.05) is 36.8 Å². The van der Waals surface area contributed by atoms with E-state index in [2.05, 4.69) is 38.1 Å². The van der Waals surface area contributed by atoms with Crippen molar-refractivity contribution in [2.24, 2.45) is 0 Å². The van der Waals surface area contributed by atoms with E-state index in [1.807, 2.05) is 0 Å². The molecular formula is C14H19ClO. The average Bonchev–Trinajstić information content (AvgIpc) is 2.29. The highest BCUT2D eigenvalue weighted by molar-refractivity contribution is 6.20. The maximum atomic E-state index is 6.28. The van der Waals surface area contributed by atoms with Crippen LogP contribution in [0.15, 0.2) is 24.3 Å². The lowest BCUT2D eigenvalue weighted by molar-refractivity contribution is -0.0847. The Balaban J connectivity index is 2.29. The number of ether oxygens (including phenoxy) is 1. The molecule has 0 radical (unpaired) electrons. The van der Waals surface area contributed by atoms with Crippen molar-refractivity contribution >= 4 is 11.6 Å². The first kappa shape index (κ1) is 11.9. The molecule has 0 spiro atoms. The predicted octanol–water partition coefficient (Wildman–Crippen LogP) is 4.02. The lowest BCUT2D eigenvalue weighted by atomic mass is 9.84. The van der Waals surface area contributed by atoms with Gasteiger partial charge in [0.15, 0.2) is 0 Å². The van der Waals surface area contributed by atoms with Gasteiger partial charge in [-0.05, 0) is 31.7 Å². The molecule has 0 aliphatic carbocycles. The number of alkyl halides is 1. The molecule has 2 heteroatoms. The molecule has 1 saturated heterocycles. The van der Waals surface area contributed by atoms with E-state index < -0.39 is 0 Å². The Kier molecular flexibility index (Phi) is 3.56. The molecule has 2 rings (SSSR count). The fraction of sp³-hybridized carbons (Fsp3) is 0.571. The van der Waals surface area contributed by atoms with Crippen LogP contribution >= 0.6 is 11.6 Å². The predicted molar refractivity (Wildman–Crippen MR) is 68.0 cm³/mol. The van der Waals surface area contributed by atoms with Crippen molar-refractivity contribution in [1.82, 2.24) is 0 Å². The van der Waals surface area contributed by atoms with Crippen LogP contribution in [0.1, 0.15) is 37.3 Å². The molecule has 1 fully saturated rings. The van der Waals surface area contributed by atoms with Gasteiger partial charge in [0.1, 0.15) is 0 Å². The molecule has 1 aliphatic rings. The molecule has 0 saturated carbocycles. The van der Waals surface area contributed by atoms with Crippen LogP contribution in [0.25, 0.3) is 0 Å². The highest BCUT2D eigenvalue weighted by Crippen LogP contribution is 2.39. The fourth-order valence-corrected chi connectivity index (χ4v) is 2.75. The standard InChI is InChI=1S/C14H19ClO/c1-3-14(10-13(15)8-9-16-14)12-6-4-11(2)5-7-12/h4-7,13H,3,8-10H2,1-2H3. The van der Waals surface area contributed by atoms with E-state index in [9.17, 15) is 0 Å². The van der Waals surface area contributed by atoms with Crippen molar-refractivity contribution in [3.8, 4) is 0 Å². The summed E-state index contributed by atoms with van der Waals surface area (Å²) in [6, 6.07) is 8.64. The van der Waals surface area contributed by atoms with Gasteiger partial charge < -0.3 is 4.74 Å². The number of hydrogen-bond donors (Lipinski definition) is 0. The quantitative estimate of drug-likeness (QED) is 0.708. The molecule has 1 aromatic rings. The van der Waals surface area contributed by atoms with Crippen molar-refractivity contribution < 1.29 is 4.74 Å². The molecule has 0 bridgehead atoms. The van der Waals surface area contributed by atoms with Crippen LogP contribution in [0, 0.1) is 6.92 Å². The van der Waals surface area contributed by atoms with Crippen molar-refractivity contribution in [3.05, 3.63) is 35.4 Å². The van der Waals surface area contributed by atoms with Crippen molar-refractivity contribution in [2.75, 3.05) is 6.61 Å². The first-order valence-corrected chi connectivity index (χ1v) is 6.45. The molecule has 2 unspecified atom stereocenters. The summed E-state index contributed by atoms with van der Waals surface area (Å²) in [5.41, 5.74) is 2.40. The first-order valence-electron chi connectivity index (χ1n) is 6.01. The Morgan fingerprint density at radius 2 is 2.06 bits per heavy atom. The van der Waals surface area contributed by atoms with Crippen LogP contribution in [0.2, 0.25) is 0 Å². The number of aryl methyl sites for hydroxylation is 1. The summed E-state index contributed by atoms with van der Waals surface area (Å²) in [6.45, 7) is 5.05. The normalized spacial score (nSPS) is 30.3. The zero-order valence-corrected chi connectivity index (χ0v) is 10.8. The summed E-state index contributed by atoms with van der Waals surface area (Å²) in [5.74, 6) is 0. The van der Waals surface area contributed by atoms with Gasteiger partial charge in [0.25, 0.3) is 0 Å². The average molecular weight is 239 g/mol. The zero-order chi connectivity index (χ0) is 11.6. The van der Waals surface area contributed by atoms with Crippen LogP contribution < -0.4 is 0 Å². The maximum Gasteiger partial charge on any atom is 0.0942 e. The second kappa shape index (κ2) is 4.77. The van der Waals surface area contributed by atoms with E-state index >= 15 is 0 Å². The maximum absolute atomic E-state index is 6.28. The van der Waals surface area contributed by atoms with Crippen molar-refractivity contribution in [1.29, 1.82) is 0 Å². The molecule has 2 atom stereocenters.